The van der Waals surface area contributed by atoms with Crippen LogP contribution in [0.3, 0.4) is 0 Å². The van der Waals surface area contributed by atoms with Gasteiger partial charge in [0.15, 0.2) is 0 Å². The van der Waals surface area contributed by atoms with Crippen molar-refractivity contribution in [3.63, 3.8) is 0 Å². The third-order valence-corrected chi connectivity index (χ3v) is 10.7. The normalized spacial score (nSPS) is 43.0. The van der Waals surface area contributed by atoms with Crippen LogP contribution in [0.5, 0.6) is 0 Å². The van der Waals surface area contributed by atoms with Crippen LogP contribution in [0, 0.1) is 0 Å². The summed E-state index contributed by atoms with van der Waals surface area (Å²) >= 11 is 1.11. The molecule has 3 aliphatic rings. The molecule has 7 N–H and O–H groups in total. The average molecular weight is 780 g/mol. The molecule has 3 saturated heterocycles. The van der Waals surface area contributed by atoms with Gasteiger partial charge in [0.25, 0.3) is 0 Å². The van der Waals surface area contributed by atoms with Crippen LogP contribution in [0.1, 0.15) is 0 Å². The van der Waals surface area contributed by atoms with Crippen LogP contribution < -0.4 is 0 Å². The van der Waals surface area contributed by atoms with Gasteiger partial charge in [-0.15, -0.1) is 0 Å². The Morgan fingerprint density at radius 1 is 0.738 bits per heavy atom. The van der Waals surface area contributed by atoms with Crippen LogP contribution in [0.15, 0.2) is 0 Å². The summed E-state index contributed by atoms with van der Waals surface area (Å²) in [5.74, 6) is 0. The van der Waals surface area contributed by atoms with Crippen molar-refractivity contribution in [2.45, 2.75) is 72.9 Å². The molecule has 0 aromatic heterocycles. The van der Waals surface area contributed by atoms with E-state index in [1.54, 1.807) is 0 Å². The minimum absolute atomic E-state index is 0.624. The molecule has 3 aliphatic heterocycles. The van der Waals surface area contributed by atoms with Crippen LogP contribution in [0.25, 0.3) is 0 Å². The molecule has 3 fully saturated rings. The first-order valence-electron chi connectivity index (χ1n) is 12.3. The van der Waals surface area contributed by atoms with Crippen molar-refractivity contribution in [3.8, 4) is 0 Å². The molecule has 3 rings (SSSR count). The van der Waals surface area contributed by atoms with Gasteiger partial charge in [0, 0.05) is 0 Å². The second kappa shape index (κ2) is 15.2. The Hall–Kier alpha value is 0.845. The molecule has 19 nitrogen and oxygen atoms in total. The fraction of sp³-hybridized carbons (Fsp3) is 0.938. The Balaban J connectivity index is 1.62. The second-order valence-electron chi connectivity index (χ2n) is 9.56. The molecule has 9 unspecified atom stereocenters. The molecule has 240 valence electrons. The fourth-order valence-electron chi connectivity index (χ4n) is 4.48. The van der Waals surface area contributed by atoms with E-state index in [1.165, 1.54) is 15.7 Å². The Morgan fingerprint density at radius 3 is 1.60 bits per heavy atom. The van der Waals surface area contributed by atoms with Crippen LogP contribution >= 0.6 is 46.5 Å². The van der Waals surface area contributed by atoms with Crippen LogP contribution in [0.4, 0.5) is 0 Å². The molecular weight excluding hydrogens is 748 g/mol. The van der Waals surface area contributed by atoms with Crippen molar-refractivity contribution in [1.29, 1.82) is 0 Å². The summed E-state index contributed by atoms with van der Waals surface area (Å²) in [6.07, 6.45) is -13.0. The van der Waals surface area contributed by atoms with E-state index in [0.29, 0.717) is 0 Å². The van der Waals surface area contributed by atoms with Crippen molar-refractivity contribution < 1.29 is 88.5 Å². The van der Waals surface area contributed by atoms with E-state index < -0.39 is 116 Å². The standard InChI is InChI=1S/C16H31B3IO19P3/c1-19-16-10(24)13(38-42(29,30)39-20)7(35-16)4-32-41(27,28)37-12-6(34-15(18)9(12)23)3-31-40(25,26)36-11-5(2-21)33-14(17)8(11)22/h5-16,21-24H,1-4,17-18H2,(H,25,26)(H,27,28)(H,29,30)/t5-,6-,7-,8?,9?,10?,11?,12?,13?,14-,15-,16-/m1/s1. The summed E-state index contributed by atoms with van der Waals surface area (Å²) in [5.41, 5.74) is 0. The van der Waals surface area contributed by atoms with Gasteiger partial charge in [-0.1, -0.05) is 0 Å². The molecule has 0 bridgehead atoms. The van der Waals surface area contributed by atoms with Gasteiger partial charge in [-0.3, -0.25) is 4.52 Å². The quantitative estimate of drug-likeness (QED) is 0.0469. The van der Waals surface area contributed by atoms with Gasteiger partial charge in [-0.2, -0.15) is 0 Å². The maximum atomic E-state index is 12.8. The summed E-state index contributed by atoms with van der Waals surface area (Å²) < 4.78 is 82.3. The minimum Gasteiger partial charge on any atom is -0.388 e. The monoisotopic (exact) mass is 780 g/mol. The number of rotatable bonds is 15. The number of phosphoric ester groups is 3. The summed E-state index contributed by atoms with van der Waals surface area (Å²) in [5, 5.41) is 40.3. The van der Waals surface area contributed by atoms with Gasteiger partial charge in [0.1, 0.15) is 26.2 Å². The number of halogens is 1. The number of aliphatic hydroxyl groups excluding tert-OH is 4. The molecule has 0 amide bonds. The Morgan fingerprint density at radius 2 is 1.14 bits per heavy atom. The first-order valence-corrected chi connectivity index (χ1v) is 17.7. The van der Waals surface area contributed by atoms with E-state index >= 15 is 0 Å². The topological polar surface area (TPSA) is 276 Å². The third-order valence-electron chi connectivity index (χ3n) is 6.59. The largest absolute Gasteiger partial charge is 0.388 e. The van der Waals surface area contributed by atoms with Crippen molar-refractivity contribution in [3.05, 3.63) is 0 Å². The second-order valence-corrected chi connectivity index (χ2v) is 14.8. The molecule has 0 radical (unpaired) electrons. The Labute approximate surface area is 256 Å². The van der Waals surface area contributed by atoms with Crippen LogP contribution in [0.2, 0.25) is 0 Å². The molecule has 3 heterocycles. The molecular formula is C16H31B3IO19P3. The van der Waals surface area contributed by atoms with Gasteiger partial charge < -0.3 is 19.8 Å². The summed E-state index contributed by atoms with van der Waals surface area (Å²) in [7, 11) is -11.8. The molecule has 42 heavy (non-hydrogen) atoms. The third kappa shape index (κ3) is 9.45. The first-order chi connectivity index (χ1) is 19.4. The van der Waals surface area contributed by atoms with E-state index in [-0.39, 0.29) is 0 Å². The zero-order valence-corrected chi connectivity index (χ0v) is 26.9. The fourth-order valence-corrected chi connectivity index (χ4v) is 7.29. The molecule has 0 aromatic rings. The Kier molecular flexibility index (Phi) is 13.5. The van der Waals surface area contributed by atoms with Crippen LogP contribution in [-0.2, 0) is 53.4 Å². The molecule has 26 heteroatoms. The number of hydrogen-bond donors (Lipinski definition) is 7. The van der Waals surface area contributed by atoms with Crippen molar-refractivity contribution >= 4 is 75.6 Å². The van der Waals surface area contributed by atoms with Crippen molar-refractivity contribution in [2.24, 2.45) is 0 Å². The van der Waals surface area contributed by atoms with Gasteiger partial charge in [-0.05, 0) is 0 Å². The van der Waals surface area contributed by atoms with Gasteiger partial charge in [0.2, 0.25) is 0 Å². The molecule has 0 aliphatic carbocycles. The predicted molar refractivity (Wildman–Crippen MR) is 152 cm³/mol. The number of aliphatic hydroxyl groups is 4. The minimum atomic E-state index is -5.09. The summed E-state index contributed by atoms with van der Waals surface area (Å²) in [4.78, 5) is 30.1. The number of phosphoric acid groups is 3. The molecule has 0 saturated carbocycles. The van der Waals surface area contributed by atoms with Gasteiger partial charge in [-0.25, -0.2) is 4.57 Å². The average Bonchev–Trinajstić information content (AvgIpc) is 3.47. The molecule has 15 atom stereocenters. The van der Waals surface area contributed by atoms with E-state index in [2.05, 4.69) is 9.32 Å². The van der Waals surface area contributed by atoms with Gasteiger partial charge >= 0.3 is 189 Å². The summed E-state index contributed by atoms with van der Waals surface area (Å²) in [6, 6.07) is -2.92. The van der Waals surface area contributed by atoms with Crippen LogP contribution in [-0.4, -0.2) is 157 Å². The van der Waals surface area contributed by atoms with E-state index in [9.17, 15) is 48.8 Å². The maximum absolute atomic E-state index is 12.8. The van der Waals surface area contributed by atoms with E-state index in [0.717, 1.165) is 29.9 Å². The van der Waals surface area contributed by atoms with E-state index in [4.69, 9.17) is 36.8 Å². The van der Waals surface area contributed by atoms with E-state index in [1.807, 2.05) is 0 Å². The van der Waals surface area contributed by atoms with Crippen molar-refractivity contribution in [2.75, 3.05) is 19.8 Å². The molecule has 0 spiro atoms. The summed E-state index contributed by atoms with van der Waals surface area (Å²) in [6.45, 7) is 2.36. The zero-order chi connectivity index (χ0) is 31.6. The zero-order valence-electron chi connectivity index (χ0n) is 22.1. The smallest absolute Gasteiger partial charge is 0.102 e. The Bertz CT molecular complexity index is 1080. The predicted octanol–water partition coefficient (Wildman–Crippen LogP) is -4.50. The van der Waals surface area contributed by atoms with Crippen molar-refractivity contribution in [1.82, 2.24) is 0 Å². The number of hydrogen-bond acceptors (Lipinski definition) is 16. The maximum Gasteiger partial charge on any atom is 0.102 e. The van der Waals surface area contributed by atoms with Gasteiger partial charge in [0.05, 0.1) is 12.6 Å². The SMILES string of the molecule is B[C@@H]1O[C@H](CO)C(OP(=O)(O)OC[C@H]2O[C@@H](B)C(O)C2OP(=O)(O)OC[C@H]2O[C@@H](B=C)C(O)C2OP(=O)(O)OI)C1O. The molecule has 0 aromatic carbocycles. The first kappa shape index (κ1) is 37.3. The number of ether oxygens (including phenoxy) is 3.